The van der Waals surface area contributed by atoms with E-state index in [1.54, 1.807) is 14.2 Å². The highest BCUT2D eigenvalue weighted by atomic mass is 32.1. The lowest BCUT2D eigenvalue weighted by Gasteiger charge is -2.05. The van der Waals surface area contributed by atoms with E-state index in [9.17, 15) is 4.79 Å². The molecule has 130 valence electrons. The Bertz CT molecular complexity index is 955. The molecule has 0 saturated heterocycles. The fourth-order valence-corrected chi connectivity index (χ4v) is 3.83. The second-order valence-electron chi connectivity index (χ2n) is 5.47. The average molecular weight is 356 g/mol. The zero-order valence-electron chi connectivity index (χ0n) is 14.5. The predicted octanol–water partition coefficient (Wildman–Crippen LogP) is 3.41. The Morgan fingerprint density at radius 3 is 2.52 bits per heavy atom. The third-order valence-corrected chi connectivity index (χ3v) is 4.98. The number of carbonyl (C=O) groups is 1. The van der Waals surface area contributed by atoms with Crippen molar-refractivity contribution < 1.29 is 14.3 Å². The molecule has 1 aromatic heterocycles. The number of hydrogen-bond donors (Lipinski definition) is 0. The molecule has 0 fully saturated rings. The molecule has 0 aliphatic rings. The van der Waals surface area contributed by atoms with Gasteiger partial charge in [-0.3, -0.25) is 4.79 Å². The van der Waals surface area contributed by atoms with Crippen LogP contribution in [-0.4, -0.2) is 24.7 Å². The van der Waals surface area contributed by atoms with E-state index in [0.29, 0.717) is 4.80 Å². The molecule has 0 spiro atoms. The quantitative estimate of drug-likeness (QED) is 0.704. The van der Waals surface area contributed by atoms with Crippen LogP contribution in [0.15, 0.2) is 47.5 Å². The first-order chi connectivity index (χ1) is 12.2. The van der Waals surface area contributed by atoms with Crippen LogP contribution in [-0.2, 0) is 17.8 Å². The average Bonchev–Trinajstić information content (AvgIpc) is 2.99. The van der Waals surface area contributed by atoms with Crippen molar-refractivity contribution in [3.8, 4) is 11.5 Å². The lowest BCUT2D eigenvalue weighted by molar-refractivity contribution is -0.117. The van der Waals surface area contributed by atoms with Gasteiger partial charge in [0.15, 0.2) is 4.80 Å². The SMILES string of the molecule is CCn1c(=NC(=O)Cc2ccc(OC)cc2)sc2cccc(OC)c21. The Kier molecular flexibility index (Phi) is 5.19. The summed E-state index contributed by atoms with van der Waals surface area (Å²) in [6.07, 6.45) is 0.263. The second kappa shape index (κ2) is 7.53. The summed E-state index contributed by atoms with van der Waals surface area (Å²) in [6.45, 7) is 2.75. The summed E-state index contributed by atoms with van der Waals surface area (Å²) in [7, 11) is 3.27. The predicted molar refractivity (Wildman–Crippen MR) is 99.3 cm³/mol. The molecule has 0 bridgehead atoms. The van der Waals surface area contributed by atoms with Crippen LogP contribution in [0.4, 0.5) is 0 Å². The number of benzene rings is 2. The summed E-state index contributed by atoms with van der Waals surface area (Å²) in [4.78, 5) is 17.4. The standard InChI is InChI=1S/C19H20N2O3S/c1-4-21-18-15(24-3)6-5-7-16(18)25-19(21)20-17(22)12-13-8-10-14(23-2)11-9-13/h5-11H,4,12H2,1-3H3. The first-order valence-corrected chi connectivity index (χ1v) is 8.84. The van der Waals surface area contributed by atoms with Gasteiger partial charge in [-0.2, -0.15) is 4.99 Å². The van der Waals surface area contributed by atoms with Crippen molar-refractivity contribution in [1.82, 2.24) is 4.57 Å². The van der Waals surface area contributed by atoms with E-state index in [4.69, 9.17) is 9.47 Å². The van der Waals surface area contributed by atoms with E-state index in [0.717, 1.165) is 33.8 Å². The van der Waals surface area contributed by atoms with Crippen LogP contribution in [0.3, 0.4) is 0 Å². The van der Waals surface area contributed by atoms with Gasteiger partial charge in [0.25, 0.3) is 5.91 Å². The van der Waals surface area contributed by atoms with Gasteiger partial charge in [0, 0.05) is 6.54 Å². The van der Waals surface area contributed by atoms with Gasteiger partial charge in [0.05, 0.1) is 25.3 Å². The van der Waals surface area contributed by atoms with E-state index >= 15 is 0 Å². The maximum atomic E-state index is 12.4. The Morgan fingerprint density at radius 2 is 1.88 bits per heavy atom. The van der Waals surface area contributed by atoms with Crippen LogP contribution >= 0.6 is 11.3 Å². The zero-order chi connectivity index (χ0) is 17.8. The van der Waals surface area contributed by atoms with Crippen LogP contribution in [0.2, 0.25) is 0 Å². The van der Waals surface area contributed by atoms with Crippen LogP contribution in [0.5, 0.6) is 11.5 Å². The normalized spacial score (nSPS) is 11.7. The number of aromatic nitrogens is 1. The molecule has 3 rings (SSSR count). The molecule has 0 radical (unpaired) electrons. The van der Waals surface area contributed by atoms with Gasteiger partial charge in [-0.1, -0.05) is 29.5 Å². The molecule has 5 nitrogen and oxygen atoms in total. The Balaban J connectivity index is 1.95. The van der Waals surface area contributed by atoms with E-state index in [1.807, 2.05) is 54.0 Å². The number of nitrogens with zero attached hydrogens (tertiary/aromatic N) is 2. The van der Waals surface area contributed by atoms with Crippen LogP contribution in [0, 0.1) is 0 Å². The summed E-state index contributed by atoms with van der Waals surface area (Å²) < 4.78 is 13.7. The molecule has 3 aromatic rings. The molecular weight excluding hydrogens is 336 g/mol. The minimum Gasteiger partial charge on any atom is -0.497 e. The van der Waals surface area contributed by atoms with Crippen molar-refractivity contribution in [3.05, 3.63) is 52.8 Å². The van der Waals surface area contributed by atoms with Gasteiger partial charge in [0.2, 0.25) is 0 Å². The summed E-state index contributed by atoms with van der Waals surface area (Å²) in [5.74, 6) is 1.39. The number of methoxy groups -OCH3 is 2. The fourth-order valence-electron chi connectivity index (χ4n) is 2.71. The maximum absolute atomic E-state index is 12.4. The Hall–Kier alpha value is -2.60. The fraction of sp³-hybridized carbons (Fsp3) is 0.263. The first-order valence-electron chi connectivity index (χ1n) is 8.03. The summed E-state index contributed by atoms with van der Waals surface area (Å²) in [5, 5.41) is 0. The third-order valence-electron chi connectivity index (χ3n) is 3.93. The number of ether oxygens (including phenoxy) is 2. The molecule has 0 aliphatic carbocycles. The van der Waals surface area contributed by atoms with Gasteiger partial charge >= 0.3 is 0 Å². The lowest BCUT2D eigenvalue weighted by Crippen LogP contribution is -2.16. The van der Waals surface area contributed by atoms with E-state index in [1.165, 1.54) is 11.3 Å². The van der Waals surface area contributed by atoms with Crippen molar-refractivity contribution in [3.63, 3.8) is 0 Å². The molecule has 1 heterocycles. The highest BCUT2D eigenvalue weighted by Gasteiger charge is 2.11. The number of amides is 1. The van der Waals surface area contributed by atoms with Crippen LogP contribution in [0.25, 0.3) is 10.2 Å². The highest BCUT2D eigenvalue weighted by Crippen LogP contribution is 2.27. The molecule has 25 heavy (non-hydrogen) atoms. The number of para-hydroxylation sites is 1. The summed E-state index contributed by atoms with van der Waals surface area (Å²) >= 11 is 1.50. The van der Waals surface area contributed by atoms with Crippen molar-refractivity contribution in [2.45, 2.75) is 19.9 Å². The van der Waals surface area contributed by atoms with Crippen molar-refractivity contribution >= 4 is 27.5 Å². The Morgan fingerprint density at radius 1 is 1.12 bits per heavy atom. The van der Waals surface area contributed by atoms with E-state index < -0.39 is 0 Å². The summed E-state index contributed by atoms with van der Waals surface area (Å²) in [5.41, 5.74) is 1.89. The van der Waals surface area contributed by atoms with Gasteiger partial charge < -0.3 is 14.0 Å². The number of rotatable bonds is 5. The van der Waals surface area contributed by atoms with E-state index in [2.05, 4.69) is 4.99 Å². The van der Waals surface area contributed by atoms with Gasteiger partial charge in [-0.15, -0.1) is 0 Å². The van der Waals surface area contributed by atoms with E-state index in [-0.39, 0.29) is 12.3 Å². The van der Waals surface area contributed by atoms with Crippen molar-refractivity contribution in [2.24, 2.45) is 4.99 Å². The molecule has 0 saturated carbocycles. The number of thiazole rings is 1. The molecule has 1 amide bonds. The summed E-state index contributed by atoms with van der Waals surface area (Å²) in [6, 6.07) is 13.3. The van der Waals surface area contributed by atoms with Crippen LogP contribution in [0.1, 0.15) is 12.5 Å². The topological polar surface area (TPSA) is 52.8 Å². The van der Waals surface area contributed by atoms with Crippen molar-refractivity contribution in [2.75, 3.05) is 14.2 Å². The number of carbonyl (C=O) groups excluding carboxylic acids is 1. The highest BCUT2D eigenvalue weighted by molar-refractivity contribution is 7.16. The monoisotopic (exact) mass is 356 g/mol. The number of aryl methyl sites for hydroxylation is 1. The number of hydrogen-bond acceptors (Lipinski definition) is 4. The third kappa shape index (κ3) is 3.58. The minimum atomic E-state index is -0.169. The zero-order valence-corrected chi connectivity index (χ0v) is 15.3. The largest absolute Gasteiger partial charge is 0.497 e. The molecule has 2 aromatic carbocycles. The smallest absolute Gasteiger partial charge is 0.252 e. The van der Waals surface area contributed by atoms with Gasteiger partial charge in [-0.05, 0) is 36.8 Å². The second-order valence-corrected chi connectivity index (χ2v) is 6.48. The van der Waals surface area contributed by atoms with Crippen LogP contribution < -0.4 is 14.3 Å². The molecular formula is C19H20N2O3S. The molecule has 0 atom stereocenters. The molecule has 0 aliphatic heterocycles. The number of fused-ring (bicyclic) bond motifs is 1. The molecule has 6 heteroatoms. The maximum Gasteiger partial charge on any atom is 0.252 e. The lowest BCUT2D eigenvalue weighted by atomic mass is 10.1. The van der Waals surface area contributed by atoms with Crippen molar-refractivity contribution in [1.29, 1.82) is 0 Å². The Labute approximate surface area is 150 Å². The first kappa shape index (κ1) is 17.2. The van der Waals surface area contributed by atoms with Gasteiger partial charge in [0.1, 0.15) is 17.0 Å². The minimum absolute atomic E-state index is 0.169. The van der Waals surface area contributed by atoms with Gasteiger partial charge in [-0.25, -0.2) is 0 Å². The molecule has 0 N–H and O–H groups in total. The molecule has 0 unspecified atom stereocenters.